The van der Waals surface area contributed by atoms with E-state index in [1.54, 1.807) is 12.1 Å². The van der Waals surface area contributed by atoms with Crippen molar-refractivity contribution in [2.24, 2.45) is 0 Å². The van der Waals surface area contributed by atoms with Crippen LogP contribution in [0.3, 0.4) is 0 Å². The third kappa shape index (κ3) is 3.46. The zero-order valence-corrected chi connectivity index (χ0v) is 16.4. The second kappa shape index (κ2) is 6.98. The normalized spacial score (nSPS) is 15.6. The van der Waals surface area contributed by atoms with E-state index in [4.69, 9.17) is 0 Å². The van der Waals surface area contributed by atoms with Crippen LogP contribution in [0, 0.1) is 0 Å². The number of hydrogen-bond donors (Lipinski definition) is 1. The number of aromatic nitrogens is 3. The molecule has 7 nitrogen and oxygen atoms in total. The summed E-state index contributed by atoms with van der Waals surface area (Å²) in [5.74, 6) is 0.614. The fourth-order valence-corrected chi connectivity index (χ4v) is 4.81. The van der Waals surface area contributed by atoms with Crippen molar-refractivity contribution in [3.63, 3.8) is 0 Å². The van der Waals surface area contributed by atoms with Crippen LogP contribution in [0.2, 0.25) is 0 Å². The highest BCUT2D eigenvalue weighted by Crippen LogP contribution is 2.21. The molecule has 1 fully saturated rings. The van der Waals surface area contributed by atoms with E-state index in [1.165, 1.54) is 10.5 Å². The highest BCUT2D eigenvalue weighted by molar-refractivity contribution is 9.10. The molecule has 0 aromatic carbocycles. The highest BCUT2D eigenvalue weighted by atomic mass is 79.9. The molecule has 0 unspecified atom stereocenters. The van der Waals surface area contributed by atoms with Gasteiger partial charge in [-0.3, -0.25) is 0 Å². The van der Waals surface area contributed by atoms with Crippen molar-refractivity contribution in [2.45, 2.75) is 24.3 Å². The summed E-state index contributed by atoms with van der Waals surface area (Å²) in [6.07, 6.45) is 7.14. The van der Waals surface area contributed by atoms with Crippen LogP contribution in [0.5, 0.6) is 0 Å². The summed E-state index contributed by atoms with van der Waals surface area (Å²) in [7, 11) is -3.42. The number of halogens is 1. The van der Waals surface area contributed by atoms with Crippen LogP contribution in [0.15, 0.2) is 52.2 Å². The predicted octanol–water partition coefficient (Wildman–Crippen LogP) is 2.89. The molecule has 0 atom stereocenters. The van der Waals surface area contributed by atoms with Gasteiger partial charge in [0.1, 0.15) is 16.4 Å². The number of hydrogen-bond acceptors (Lipinski definition) is 5. The van der Waals surface area contributed by atoms with E-state index in [9.17, 15) is 8.42 Å². The molecule has 26 heavy (non-hydrogen) atoms. The molecule has 4 heterocycles. The fraction of sp³-hybridized carbons (Fsp3) is 0.294. The van der Waals surface area contributed by atoms with E-state index < -0.39 is 10.0 Å². The van der Waals surface area contributed by atoms with E-state index in [0.29, 0.717) is 25.5 Å². The smallest absolute Gasteiger partial charge is 0.244 e. The Morgan fingerprint density at radius 1 is 1.12 bits per heavy atom. The minimum atomic E-state index is -3.42. The molecular formula is C17H18BrN5O2S. The van der Waals surface area contributed by atoms with Gasteiger partial charge >= 0.3 is 0 Å². The fourth-order valence-electron chi connectivity index (χ4n) is 3.00. The number of sulfonamides is 1. The number of anilines is 1. The Kier molecular flexibility index (Phi) is 4.68. The van der Waals surface area contributed by atoms with Gasteiger partial charge in [-0.05, 0) is 53.0 Å². The molecule has 1 aliphatic rings. The van der Waals surface area contributed by atoms with Crippen molar-refractivity contribution in [1.82, 2.24) is 18.7 Å². The Morgan fingerprint density at radius 2 is 1.92 bits per heavy atom. The van der Waals surface area contributed by atoms with Crippen LogP contribution in [0.4, 0.5) is 5.82 Å². The van der Waals surface area contributed by atoms with Crippen LogP contribution in [0.1, 0.15) is 18.5 Å². The number of nitrogens with one attached hydrogen (secondary N) is 1. The summed E-state index contributed by atoms with van der Waals surface area (Å²) in [4.78, 5) is 9.01. The lowest BCUT2D eigenvalue weighted by Crippen LogP contribution is -2.27. The third-order valence-corrected chi connectivity index (χ3v) is 6.71. The highest BCUT2D eigenvalue weighted by Gasteiger charge is 2.27. The molecular weight excluding hydrogens is 418 g/mol. The van der Waals surface area contributed by atoms with Crippen LogP contribution >= 0.6 is 15.9 Å². The maximum atomic E-state index is 12.5. The standard InChI is InChI=1S/C17H18BrN5O2S/c18-13-3-6-17-21-14(12-22(17)11-13)9-19-16-5-4-15(10-20-16)26(24,25)23-7-1-2-8-23/h3-6,10-12H,1-2,7-9H2,(H,19,20). The summed E-state index contributed by atoms with van der Waals surface area (Å²) >= 11 is 3.44. The van der Waals surface area contributed by atoms with Gasteiger partial charge in [-0.15, -0.1) is 0 Å². The van der Waals surface area contributed by atoms with E-state index in [-0.39, 0.29) is 4.90 Å². The predicted molar refractivity (Wildman–Crippen MR) is 102 cm³/mol. The first-order chi connectivity index (χ1) is 12.5. The lowest BCUT2D eigenvalue weighted by molar-refractivity contribution is 0.477. The quantitative estimate of drug-likeness (QED) is 0.666. The van der Waals surface area contributed by atoms with Crippen molar-refractivity contribution in [1.29, 1.82) is 0 Å². The van der Waals surface area contributed by atoms with Gasteiger partial charge in [-0.1, -0.05) is 0 Å². The molecule has 136 valence electrons. The number of rotatable bonds is 5. The molecule has 0 radical (unpaired) electrons. The Morgan fingerprint density at radius 3 is 2.65 bits per heavy atom. The lowest BCUT2D eigenvalue weighted by Gasteiger charge is -2.15. The lowest BCUT2D eigenvalue weighted by atomic mass is 10.4. The van der Waals surface area contributed by atoms with Crippen molar-refractivity contribution in [3.05, 3.63) is 53.0 Å². The summed E-state index contributed by atoms with van der Waals surface area (Å²) in [5, 5.41) is 3.18. The molecule has 1 N–H and O–H groups in total. The van der Waals surface area contributed by atoms with E-state index in [2.05, 4.69) is 31.2 Å². The molecule has 0 saturated carbocycles. The molecule has 4 rings (SSSR count). The largest absolute Gasteiger partial charge is 0.364 e. The van der Waals surface area contributed by atoms with Gasteiger partial charge in [0, 0.05) is 36.2 Å². The second-order valence-electron chi connectivity index (χ2n) is 6.19. The van der Waals surface area contributed by atoms with Gasteiger partial charge in [0.2, 0.25) is 10.0 Å². The Hall–Kier alpha value is -1.97. The van der Waals surface area contributed by atoms with Crippen LogP contribution < -0.4 is 5.32 Å². The third-order valence-electron chi connectivity index (χ3n) is 4.35. The first kappa shape index (κ1) is 17.4. The average Bonchev–Trinajstić information content (AvgIpc) is 3.30. The molecule has 3 aromatic heterocycles. The summed E-state index contributed by atoms with van der Waals surface area (Å²) in [6, 6.07) is 7.17. The van der Waals surface area contributed by atoms with E-state index in [1.807, 2.05) is 28.9 Å². The van der Waals surface area contributed by atoms with Crippen LogP contribution in [-0.4, -0.2) is 40.2 Å². The minimum Gasteiger partial charge on any atom is -0.364 e. The molecule has 1 saturated heterocycles. The zero-order chi connectivity index (χ0) is 18.1. The van der Waals surface area contributed by atoms with Crippen LogP contribution in [-0.2, 0) is 16.6 Å². The number of nitrogens with zero attached hydrogens (tertiary/aromatic N) is 4. The molecule has 9 heteroatoms. The first-order valence-corrected chi connectivity index (χ1v) is 10.6. The molecule has 0 spiro atoms. The van der Waals surface area contributed by atoms with Gasteiger partial charge in [0.15, 0.2) is 0 Å². The number of fused-ring (bicyclic) bond motifs is 1. The second-order valence-corrected chi connectivity index (χ2v) is 9.04. The first-order valence-electron chi connectivity index (χ1n) is 8.35. The molecule has 0 aliphatic carbocycles. The Labute approximate surface area is 160 Å². The summed E-state index contributed by atoms with van der Waals surface area (Å²) in [6.45, 7) is 1.68. The van der Waals surface area contributed by atoms with E-state index in [0.717, 1.165) is 28.7 Å². The van der Waals surface area contributed by atoms with Crippen molar-refractivity contribution in [2.75, 3.05) is 18.4 Å². The molecule has 1 aliphatic heterocycles. The van der Waals surface area contributed by atoms with Gasteiger partial charge in [-0.2, -0.15) is 4.31 Å². The zero-order valence-electron chi connectivity index (χ0n) is 14.0. The van der Waals surface area contributed by atoms with Crippen molar-refractivity contribution >= 4 is 37.4 Å². The summed E-state index contributed by atoms with van der Waals surface area (Å²) < 4.78 is 29.5. The molecule has 0 bridgehead atoms. The van der Waals surface area contributed by atoms with Gasteiger partial charge in [0.25, 0.3) is 0 Å². The van der Waals surface area contributed by atoms with Crippen LogP contribution in [0.25, 0.3) is 5.65 Å². The Bertz CT molecular complexity index is 1030. The Balaban J connectivity index is 1.45. The van der Waals surface area contributed by atoms with Crippen molar-refractivity contribution < 1.29 is 8.42 Å². The van der Waals surface area contributed by atoms with Gasteiger partial charge in [-0.25, -0.2) is 18.4 Å². The SMILES string of the molecule is O=S(=O)(c1ccc(NCc2cn3cc(Br)ccc3n2)nc1)N1CCCC1. The van der Waals surface area contributed by atoms with Crippen molar-refractivity contribution in [3.8, 4) is 0 Å². The number of imidazole rings is 1. The van der Waals surface area contributed by atoms with Gasteiger partial charge < -0.3 is 9.72 Å². The summed E-state index contributed by atoms with van der Waals surface area (Å²) in [5.41, 5.74) is 1.74. The number of pyridine rings is 2. The topological polar surface area (TPSA) is 79.6 Å². The molecule has 0 amide bonds. The monoisotopic (exact) mass is 435 g/mol. The maximum Gasteiger partial charge on any atom is 0.244 e. The average molecular weight is 436 g/mol. The molecule has 3 aromatic rings. The van der Waals surface area contributed by atoms with Gasteiger partial charge in [0.05, 0.1) is 12.2 Å². The minimum absolute atomic E-state index is 0.238. The van der Waals surface area contributed by atoms with E-state index >= 15 is 0 Å². The maximum absolute atomic E-state index is 12.5.